The Bertz CT molecular complexity index is 111. The van der Waals surface area contributed by atoms with Crippen LogP contribution in [0, 0.1) is 0 Å². The summed E-state index contributed by atoms with van der Waals surface area (Å²) in [5.74, 6) is 0. The third-order valence-electron chi connectivity index (χ3n) is 1.57. The van der Waals surface area contributed by atoms with Crippen molar-refractivity contribution in [2.24, 2.45) is 5.73 Å². The van der Waals surface area contributed by atoms with Crippen LogP contribution in [0.2, 0.25) is 0 Å². The molecule has 1 heterocycles. The van der Waals surface area contributed by atoms with Crippen molar-refractivity contribution in [3.8, 4) is 0 Å². The van der Waals surface area contributed by atoms with Crippen LogP contribution in [0.25, 0.3) is 0 Å². The summed E-state index contributed by atoms with van der Waals surface area (Å²) in [4.78, 5) is 0. The van der Waals surface area contributed by atoms with Crippen LogP contribution in [0.3, 0.4) is 0 Å². The summed E-state index contributed by atoms with van der Waals surface area (Å²) in [6.45, 7) is 2.11. The fraction of sp³-hybridized carbons (Fsp3) is 0.667. The molecule has 0 aliphatic carbocycles. The average molecular weight is 127 g/mol. The lowest BCUT2D eigenvalue weighted by Gasteiger charge is -2.24. The van der Waals surface area contributed by atoms with Gasteiger partial charge in [0.15, 0.2) is 0 Å². The van der Waals surface area contributed by atoms with Crippen LogP contribution >= 0.6 is 0 Å². The first-order valence-corrected chi connectivity index (χ1v) is 3.28. The van der Waals surface area contributed by atoms with Gasteiger partial charge in [-0.2, -0.15) is 0 Å². The Morgan fingerprint density at radius 3 is 2.89 bits per heavy atom. The van der Waals surface area contributed by atoms with E-state index in [0.29, 0.717) is 6.04 Å². The second-order valence-electron chi connectivity index (χ2n) is 2.24. The van der Waals surface area contributed by atoms with Gasteiger partial charge in [-0.25, -0.2) is 5.43 Å². The molecule has 3 heteroatoms. The topological polar surface area (TPSA) is 50.1 Å². The average Bonchev–Trinajstić information content (AvgIpc) is 1.89. The van der Waals surface area contributed by atoms with Crippen molar-refractivity contribution in [3.63, 3.8) is 0 Å². The second-order valence-corrected chi connectivity index (χ2v) is 2.24. The molecule has 0 aromatic carbocycles. The first-order chi connectivity index (χ1) is 4.34. The Hall–Kier alpha value is -0.540. The van der Waals surface area contributed by atoms with Gasteiger partial charge >= 0.3 is 0 Å². The van der Waals surface area contributed by atoms with Gasteiger partial charge in [0.2, 0.25) is 0 Å². The molecule has 0 radical (unpaired) electrons. The fourth-order valence-corrected chi connectivity index (χ4v) is 0.919. The largest absolute Gasteiger partial charge is 0.329 e. The zero-order valence-electron chi connectivity index (χ0n) is 5.59. The van der Waals surface area contributed by atoms with E-state index in [2.05, 4.69) is 17.8 Å². The summed E-state index contributed by atoms with van der Waals surface area (Å²) in [5, 5.41) is 0. The molecule has 0 amide bonds. The highest BCUT2D eigenvalue weighted by molar-refractivity contribution is 4.99. The Morgan fingerprint density at radius 1 is 1.67 bits per heavy atom. The van der Waals surface area contributed by atoms with Crippen molar-refractivity contribution in [1.29, 1.82) is 0 Å². The van der Waals surface area contributed by atoms with Crippen molar-refractivity contribution in [1.82, 2.24) is 10.9 Å². The normalized spacial score (nSPS) is 34.0. The maximum Gasteiger partial charge on any atom is 0.0445 e. The molecule has 2 atom stereocenters. The molecule has 0 fully saturated rings. The van der Waals surface area contributed by atoms with Crippen LogP contribution in [-0.2, 0) is 0 Å². The minimum absolute atomic E-state index is 0.163. The standard InChI is InChI=1S/C6H13N3/c1-2-6-5(7)3-4-8-9-6/h3-6,8-9H,2,7H2,1H3/t5?,6-/m1/s1. The highest BCUT2D eigenvalue weighted by Crippen LogP contribution is 1.98. The number of rotatable bonds is 1. The number of nitrogens with one attached hydrogen (secondary N) is 2. The Morgan fingerprint density at radius 2 is 2.44 bits per heavy atom. The monoisotopic (exact) mass is 127 g/mol. The van der Waals surface area contributed by atoms with Crippen molar-refractivity contribution in [2.75, 3.05) is 0 Å². The van der Waals surface area contributed by atoms with Gasteiger partial charge in [0.25, 0.3) is 0 Å². The van der Waals surface area contributed by atoms with E-state index in [1.807, 2.05) is 12.3 Å². The van der Waals surface area contributed by atoms with Crippen LogP contribution in [0.5, 0.6) is 0 Å². The molecule has 4 N–H and O–H groups in total. The third kappa shape index (κ3) is 1.43. The molecule has 0 spiro atoms. The highest BCUT2D eigenvalue weighted by atomic mass is 15.4. The van der Waals surface area contributed by atoms with E-state index in [9.17, 15) is 0 Å². The number of hydrogen-bond acceptors (Lipinski definition) is 3. The molecule has 1 aliphatic heterocycles. The van der Waals surface area contributed by atoms with Gasteiger partial charge in [0, 0.05) is 18.3 Å². The van der Waals surface area contributed by atoms with E-state index in [1.54, 1.807) is 0 Å². The van der Waals surface area contributed by atoms with Gasteiger partial charge in [0.05, 0.1) is 0 Å². The van der Waals surface area contributed by atoms with Crippen molar-refractivity contribution in [2.45, 2.75) is 25.4 Å². The van der Waals surface area contributed by atoms with Gasteiger partial charge < -0.3 is 11.2 Å². The molecule has 0 saturated heterocycles. The van der Waals surface area contributed by atoms with Crippen molar-refractivity contribution in [3.05, 3.63) is 12.3 Å². The molecule has 52 valence electrons. The molecular weight excluding hydrogens is 114 g/mol. The fourth-order valence-electron chi connectivity index (χ4n) is 0.919. The van der Waals surface area contributed by atoms with Gasteiger partial charge in [-0.15, -0.1) is 0 Å². The molecule has 1 aliphatic rings. The van der Waals surface area contributed by atoms with Gasteiger partial charge in [-0.1, -0.05) is 6.92 Å². The molecule has 1 rings (SSSR count). The molecule has 0 saturated carbocycles. The Balaban J connectivity index is 2.44. The van der Waals surface area contributed by atoms with E-state index < -0.39 is 0 Å². The van der Waals surface area contributed by atoms with E-state index in [4.69, 9.17) is 5.73 Å². The molecule has 9 heavy (non-hydrogen) atoms. The number of hydrazine groups is 1. The summed E-state index contributed by atoms with van der Waals surface area (Å²) >= 11 is 0. The maximum absolute atomic E-state index is 5.70. The summed E-state index contributed by atoms with van der Waals surface area (Å²) in [6, 6.07) is 0.547. The van der Waals surface area contributed by atoms with Crippen LogP contribution < -0.4 is 16.6 Å². The lowest BCUT2D eigenvalue weighted by Crippen LogP contribution is -2.51. The van der Waals surface area contributed by atoms with Crippen LogP contribution in [0.1, 0.15) is 13.3 Å². The number of hydrogen-bond donors (Lipinski definition) is 3. The first-order valence-electron chi connectivity index (χ1n) is 3.28. The molecule has 0 aromatic rings. The van der Waals surface area contributed by atoms with Crippen LogP contribution in [-0.4, -0.2) is 12.1 Å². The molecule has 0 bridgehead atoms. The van der Waals surface area contributed by atoms with E-state index >= 15 is 0 Å². The summed E-state index contributed by atoms with van der Waals surface area (Å²) in [6.07, 6.45) is 4.85. The first kappa shape index (κ1) is 6.58. The van der Waals surface area contributed by atoms with Gasteiger partial charge in [-0.3, -0.25) is 0 Å². The lowest BCUT2D eigenvalue weighted by molar-refractivity contribution is 0.408. The third-order valence-corrected chi connectivity index (χ3v) is 1.57. The molecule has 3 nitrogen and oxygen atoms in total. The summed E-state index contributed by atoms with van der Waals surface area (Å²) in [5.41, 5.74) is 11.7. The second kappa shape index (κ2) is 2.85. The predicted molar refractivity (Wildman–Crippen MR) is 37.5 cm³/mol. The van der Waals surface area contributed by atoms with E-state index in [-0.39, 0.29) is 6.04 Å². The maximum atomic E-state index is 5.70. The van der Waals surface area contributed by atoms with Gasteiger partial charge in [0.1, 0.15) is 0 Å². The summed E-state index contributed by atoms with van der Waals surface area (Å²) in [7, 11) is 0. The molecular formula is C6H13N3. The zero-order valence-corrected chi connectivity index (χ0v) is 5.59. The quantitative estimate of drug-likeness (QED) is 0.454. The highest BCUT2D eigenvalue weighted by Gasteiger charge is 2.13. The Labute approximate surface area is 55.3 Å². The molecule has 1 unspecified atom stereocenters. The predicted octanol–water partition coefficient (Wildman–Crippen LogP) is -0.286. The Kier molecular flexibility index (Phi) is 2.08. The SMILES string of the molecule is CC[C@H]1NNC=CC1N. The van der Waals surface area contributed by atoms with Gasteiger partial charge in [-0.05, 0) is 12.5 Å². The minimum atomic E-state index is 0.163. The smallest absolute Gasteiger partial charge is 0.0445 e. The zero-order chi connectivity index (χ0) is 6.69. The molecule has 0 aromatic heterocycles. The van der Waals surface area contributed by atoms with Crippen LogP contribution in [0.15, 0.2) is 12.3 Å². The lowest BCUT2D eigenvalue weighted by atomic mass is 10.1. The van der Waals surface area contributed by atoms with Crippen molar-refractivity contribution < 1.29 is 0 Å². The summed E-state index contributed by atoms with van der Waals surface area (Å²) < 4.78 is 0. The van der Waals surface area contributed by atoms with Crippen LogP contribution in [0.4, 0.5) is 0 Å². The van der Waals surface area contributed by atoms with E-state index in [0.717, 1.165) is 6.42 Å². The number of nitrogens with two attached hydrogens (primary N) is 1. The van der Waals surface area contributed by atoms with Crippen molar-refractivity contribution >= 4 is 0 Å². The minimum Gasteiger partial charge on any atom is -0.329 e. The van der Waals surface area contributed by atoms with E-state index in [1.165, 1.54) is 0 Å².